The molecule has 2 aliphatic rings. The molecule has 0 fully saturated rings. The first-order valence-corrected chi connectivity index (χ1v) is 13.7. The second-order valence-corrected chi connectivity index (χ2v) is 11.1. The molecule has 0 radical (unpaired) electrons. The first-order valence-electron chi connectivity index (χ1n) is 13.7. The summed E-state index contributed by atoms with van der Waals surface area (Å²) in [6, 6.07) is 46.2. The molecule has 1 heterocycles. The van der Waals surface area contributed by atoms with Gasteiger partial charge >= 0.3 is 0 Å². The Labute approximate surface area is 229 Å². The summed E-state index contributed by atoms with van der Waals surface area (Å²) in [6.07, 6.45) is 0. The quantitative estimate of drug-likeness (QED) is 0.230. The van der Waals surface area contributed by atoms with Crippen LogP contribution in [0.4, 0.5) is 5.69 Å². The largest absolute Gasteiger partial charge is 0.252 e. The predicted octanol–water partition coefficient (Wildman–Crippen LogP) is 10.2. The molecule has 0 saturated carbocycles. The van der Waals surface area contributed by atoms with Crippen LogP contribution in [0.5, 0.6) is 0 Å². The van der Waals surface area contributed by atoms with E-state index in [0.29, 0.717) is 0 Å². The van der Waals surface area contributed by atoms with E-state index in [4.69, 9.17) is 4.99 Å². The average Bonchev–Trinajstić information content (AvgIpc) is 3.47. The number of fused-ring (bicyclic) bond motifs is 4. The Bertz CT molecular complexity index is 1890. The minimum absolute atomic E-state index is 0.160. The second kappa shape index (κ2) is 8.12. The smallest absolute Gasteiger partial charge is 0.0675 e. The van der Waals surface area contributed by atoms with Gasteiger partial charge in [-0.05, 0) is 66.9 Å². The molecule has 0 spiro atoms. The van der Waals surface area contributed by atoms with Gasteiger partial charge in [-0.1, -0.05) is 135 Å². The van der Waals surface area contributed by atoms with Crippen LogP contribution < -0.4 is 0 Å². The lowest BCUT2D eigenvalue weighted by Gasteiger charge is -2.23. The van der Waals surface area contributed by atoms with E-state index in [-0.39, 0.29) is 5.41 Å². The summed E-state index contributed by atoms with van der Waals surface area (Å²) in [4.78, 5) is 5.20. The van der Waals surface area contributed by atoms with E-state index in [1.54, 1.807) is 0 Å². The molecule has 0 amide bonds. The standard InChI is InChI=1S/C38H27N/c1-38(2)32-18-9-10-19-33(32)39-37(38)29-22-23-31-34-28(29)16-11-17-30(34)35-26(24-12-5-3-6-13-24)20-21-27(36(31)35)25-14-7-4-8-15-25/h3-23H,1-2H3. The molecule has 0 aromatic heterocycles. The van der Waals surface area contributed by atoms with Crippen molar-refractivity contribution in [2.45, 2.75) is 19.3 Å². The van der Waals surface area contributed by atoms with E-state index in [0.717, 1.165) is 11.4 Å². The molecule has 184 valence electrons. The summed E-state index contributed by atoms with van der Waals surface area (Å²) in [6.45, 7) is 4.60. The molecule has 0 atom stereocenters. The van der Waals surface area contributed by atoms with Crippen molar-refractivity contribution in [3.05, 3.63) is 139 Å². The van der Waals surface area contributed by atoms with Gasteiger partial charge < -0.3 is 0 Å². The Morgan fingerprint density at radius 2 is 1.00 bits per heavy atom. The number of hydrogen-bond donors (Lipinski definition) is 0. The van der Waals surface area contributed by atoms with Crippen LogP contribution in [0.2, 0.25) is 0 Å². The summed E-state index contributed by atoms with van der Waals surface area (Å²) >= 11 is 0. The number of nitrogens with zero attached hydrogens (tertiary/aromatic N) is 1. The predicted molar refractivity (Wildman–Crippen MR) is 165 cm³/mol. The Balaban J connectivity index is 1.44. The number of hydrogen-bond acceptors (Lipinski definition) is 1. The maximum atomic E-state index is 5.20. The van der Waals surface area contributed by atoms with Gasteiger partial charge in [0.2, 0.25) is 0 Å². The zero-order chi connectivity index (χ0) is 26.1. The van der Waals surface area contributed by atoms with Crippen LogP contribution in [-0.2, 0) is 5.41 Å². The minimum Gasteiger partial charge on any atom is -0.252 e. The highest BCUT2D eigenvalue weighted by molar-refractivity contribution is 6.27. The molecule has 1 aliphatic carbocycles. The van der Waals surface area contributed by atoms with Crippen molar-refractivity contribution in [2.75, 3.05) is 0 Å². The number of aliphatic imine (C=N–C) groups is 1. The summed E-state index contributed by atoms with van der Waals surface area (Å²) in [5, 5.41) is 2.61. The zero-order valence-electron chi connectivity index (χ0n) is 22.1. The fourth-order valence-corrected chi connectivity index (χ4v) is 6.79. The Morgan fingerprint density at radius 1 is 0.462 bits per heavy atom. The van der Waals surface area contributed by atoms with Crippen LogP contribution in [0.25, 0.3) is 55.3 Å². The highest BCUT2D eigenvalue weighted by Gasteiger charge is 2.37. The molecular formula is C38H27N. The number of para-hydroxylation sites is 1. The fourth-order valence-electron chi connectivity index (χ4n) is 6.79. The van der Waals surface area contributed by atoms with Gasteiger partial charge in [0, 0.05) is 11.0 Å². The molecular weight excluding hydrogens is 470 g/mol. The molecule has 0 unspecified atom stereocenters. The van der Waals surface area contributed by atoms with E-state index in [1.807, 2.05) is 0 Å². The van der Waals surface area contributed by atoms with Crippen LogP contribution in [0.1, 0.15) is 25.0 Å². The second-order valence-electron chi connectivity index (χ2n) is 11.1. The van der Waals surface area contributed by atoms with Crippen molar-refractivity contribution < 1.29 is 0 Å². The van der Waals surface area contributed by atoms with E-state index in [1.165, 1.54) is 66.4 Å². The summed E-state index contributed by atoms with van der Waals surface area (Å²) in [7, 11) is 0. The first-order chi connectivity index (χ1) is 19.1. The lowest BCUT2D eigenvalue weighted by atomic mass is 9.77. The van der Waals surface area contributed by atoms with E-state index in [9.17, 15) is 0 Å². The van der Waals surface area contributed by atoms with Crippen LogP contribution in [0.15, 0.2) is 132 Å². The molecule has 39 heavy (non-hydrogen) atoms. The molecule has 8 rings (SSSR count). The van der Waals surface area contributed by atoms with Crippen molar-refractivity contribution >= 4 is 22.2 Å². The third-order valence-electron chi connectivity index (χ3n) is 8.61. The average molecular weight is 498 g/mol. The van der Waals surface area contributed by atoms with Gasteiger partial charge in [0.25, 0.3) is 0 Å². The molecule has 0 bridgehead atoms. The molecule has 1 heteroatoms. The van der Waals surface area contributed by atoms with E-state index in [2.05, 4.69) is 141 Å². The maximum absolute atomic E-state index is 5.20. The van der Waals surface area contributed by atoms with Crippen LogP contribution in [0, 0.1) is 0 Å². The van der Waals surface area contributed by atoms with Crippen molar-refractivity contribution in [3.63, 3.8) is 0 Å². The third kappa shape index (κ3) is 3.11. The van der Waals surface area contributed by atoms with Gasteiger partial charge in [-0.15, -0.1) is 0 Å². The molecule has 1 aliphatic heterocycles. The Morgan fingerprint density at radius 3 is 1.64 bits per heavy atom. The van der Waals surface area contributed by atoms with Crippen molar-refractivity contribution in [1.29, 1.82) is 0 Å². The Kier molecular flexibility index (Phi) is 4.63. The van der Waals surface area contributed by atoms with E-state index < -0.39 is 0 Å². The highest BCUT2D eigenvalue weighted by Crippen LogP contribution is 2.55. The fraction of sp³-hybridized carbons (Fsp3) is 0.0789. The first kappa shape index (κ1) is 22.3. The minimum atomic E-state index is -0.160. The Hall–Kier alpha value is -4.75. The van der Waals surface area contributed by atoms with Gasteiger partial charge in [-0.2, -0.15) is 0 Å². The summed E-state index contributed by atoms with van der Waals surface area (Å²) in [5.74, 6) is 0. The lowest BCUT2D eigenvalue weighted by molar-refractivity contribution is 0.738. The lowest BCUT2D eigenvalue weighted by Crippen LogP contribution is -2.26. The molecule has 1 nitrogen and oxygen atoms in total. The molecule has 0 N–H and O–H groups in total. The summed E-state index contributed by atoms with van der Waals surface area (Å²) < 4.78 is 0. The molecule has 0 saturated heterocycles. The van der Waals surface area contributed by atoms with Gasteiger partial charge in [0.1, 0.15) is 0 Å². The van der Waals surface area contributed by atoms with Gasteiger partial charge in [0.15, 0.2) is 0 Å². The molecule has 6 aromatic rings. The van der Waals surface area contributed by atoms with Crippen LogP contribution in [-0.4, -0.2) is 5.71 Å². The van der Waals surface area contributed by atoms with Crippen LogP contribution in [0.3, 0.4) is 0 Å². The van der Waals surface area contributed by atoms with Crippen molar-refractivity contribution in [1.82, 2.24) is 0 Å². The highest BCUT2D eigenvalue weighted by atomic mass is 14.8. The number of rotatable bonds is 3. The third-order valence-corrected chi connectivity index (χ3v) is 8.61. The van der Waals surface area contributed by atoms with Gasteiger partial charge in [0.05, 0.1) is 11.4 Å². The topological polar surface area (TPSA) is 12.4 Å². The molecule has 6 aromatic carbocycles. The van der Waals surface area contributed by atoms with Crippen molar-refractivity contribution in [3.8, 4) is 44.5 Å². The SMILES string of the molecule is CC1(C)C(c2ccc3c4c(cccc24)-c2c(-c4ccccc4)ccc(-c4ccccc4)c2-3)=Nc2ccccc21. The maximum Gasteiger partial charge on any atom is 0.0675 e. The zero-order valence-corrected chi connectivity index (χ0v) is 22.1. The van der Waals surface area contributed by atoms with Crippen molar-refractivity contribution in [2.24, 2.45) is 4.99 Å². The normalized spacial score (nSPS) is 14.3. The monoisotopic (exact) mass is 497 g/mol. The van der Waals surface area contributed by atoms with Gasteiger partial charge in [-0.3, -0.25) is 4.99 Å². The van der Waals surface area contributed by atoms with Gasteiger partial charge in [-0.25, -0.2) is 0 Å². The summed E-state index contributed by atoms with van der Waals surface area (Å²) in [5.41, 5.74) is 14.9. The number of benzene rings is 6. The van der Waals surface area contributed by atoms with E-state index >= 15 is 0 Å². The van der Waals surface area contributed by atoms with Crippen LogP contribution >= 0.6 is 0 Å².